The first-order chi connectivity index (χ1) is 5.07. The Morgan fingerprint density at radius 1 is 1.82 bits per heavy atom. The predicted molar refractivity (Wildman–Crippen MR) is 40.6 cm³/mol. The molecule has 0 aliphatic carbocycles. The number of hydrogen-bond donors (Lipinski definition) is 3. The van der Waals surface area contributed by atoms with Crippen molar-refractivity contribution < 1.29 is 9.90 Å². The number of hydrogen-bond acceptors (Lipinski definition) is 3. The maximum atomic E-state index is 10.8. The molecule has 0 aromatic heterocycles. The van der Waals surface area contributed by atoms with Crippen LogP contribution in [0.3, 0.4) is 0 Å². The van der Waals surface area contributed by atoms with Gasteiger partial charge in [0.1, 0.15) is 5.76 Å². The SMILES string of the molecule is CC1(C(N)=O)NC=CC=C1O. The lowest BCUT2D eigenvalue weighted by molar-refractivity contribution is -0.123. The number of carbonyl (C=O) groups is 1. The summed E-state index contributed by atoms with van der Waals surface area (Å²) >= 11 is 0. The zero-order valence-electron chi connectivity index (χ0n) is 6.16. The van der Waals surface area contributed by atoms with Gasteiger partial charge in [-0.15, -0.1) is 0 Å². The molecule has 1 amide bonds. The van der Waals surface area contributed by atoms with E-state index in [-0.39, 0.29) is 5.76 Å². The van der Waals surface area contributed by atoms with Gasteiger partial charge in [0, 0.05) is 0 Å². The van der Waals surface area contributed by atoms with Crippen LogP contribution in [-0.4, -0.2) is 16.6 Å². The van der Waals surface area contributed by atoms with E-state index in [1.165, 1.54) is 13.0 Å². The van der Waals surface area contributed by atoms with Crippen LogP contribution in [0.4, 0.5) is 0 Å². The van der Waals surface area contributed by atoms with Gasteiger partial charge in [0.15, 0.2) is 5.54 Å². The molecule has 60 valence electrons. The molecule has 0 aromatic carbocycles. The lowest BCUT2D eigenvalue weighted by Crippen LogP contribution is -2.53. The molecule has 4 nitrogen and oxygen atoms in total. The highest BCUT2D eigenvalue weighted by Gasteiger charge is 2.35. The summed E-state index contributed by atoms with van der Waals surface area (Å²) < 4.78 is 0. The molecule has 1 rings (SSSR count). The number of aliphatic hydroxyl groups is 1. The minimum atomic E-state index is -1.14. The molecule has 1 aliphatic rings. The largest absolute Gasteiger partial charge is 0.509 e. The van der Waals surface area contributed by atoms with E-state index >= 15 is 0 Å². The second kappa shape index (κ2) is 2.30. The molecule has 0 saturated carbocycles. The van der Waals surface area contributed by atoms with Gasteiger partial charge in [-0.2, -0.15) is 0 Å². The molecular weight excluding hydrogens is 144 g/mol. The molecule has 0 saturated heterocycles. The van der Waals surface area contributed by atoms with Crippen LogP contribution in [0.5, 0.6) is 0 Å². The van der Waals surface area contributed by atoms with E-state index < -0.39 is 11.4 Å². The number of aliphatic hydroxyl groups excluding tert-OH is 1. The lowest BCUT2D eigenvalue weighted by atomic mass is 9.97. The number of carbonyl (C=O) groups excluding carboxylic acids is 1. The molecule has 1 atom stereocenters. The van der Waals surface area contributed by atoms with Gasteiger partial charge in [-0.25, -0.2) is 0 Å². The number of amides is 1. The monoisotopic (exact) mass is 154 g/mol. The summed E-state index contributed by atoms with van der Waals surface area (Å²) in [7, 11) is 0. The van der Waals surface area contributed by atoms with Crippen molar-refractivity contribution in [3.05, 3.63) is 24.1 Å². The fourth-order valence-electron chi connectivity index (χ4n) is 0.792. The Labute approximate surface area is 64.4 Å². The van der Waals surface area contributed by atoms with Gasteiger partial charge in [-0.05, 0) is 25.3 Å². The lowest BCUT2D eigenvalue weighted by Gasteiger charge is -2.27. The molecule has 0 fully saturated rings. The van der Waals surface area contributed by atoms with Crippen molar-refractivity contribution in [2.75, 3.05) is 0 Å². The third-order valence-electron chi connectivity index (χ3n) is 1.73. The number of nitrogens with one attached hydrogen (secondary N) is 1. The van der Waals surface area contributed by atoms with Crippen LogP contribution in [0.1, 0.15) is 6.92 Å². The first-order valence-electron chi connectivity index (χ1n) is 3.21. The van der Waals surface area contributed by atoms with Crippen LogP contribution in [0.15, 0.2) is 24.1 Å². The number of nitrogens with two attached hydrogens (primary N) is 1. The zero-order valence-corrected chi connectivity index (χ0v) is 6.16. The van der Waals surface area contributed by atoms with Crippen molar-refractivity contribution in [2.24, 2.45) is 5.73 Å². The van der Waals surface area contributed by atoms with Crippen molar-refractivity contribution >= 4 is 5.91 Å². The zero-order chi connectivity index (χ0) is 8.48. The quantitative estimate of drug-likeness (QED) is 0.489. The Morgan fingerprint density at radius 2 is 2.45 bits per heavy atom. The minimum absolute atomic E-state index is 0.0625. The molecule has 0 radical (unpaired) electrons. The molecule has 11 heavy (non-hydrogen) atoms. The van der Waals surface area contributed by atoms with Gasteiger partial charge >= 0.3 is 0 Å². The van der Waals surface area contributed by atoms with E-state index in [1.807, 2.05) is 0 Å². The number of primary amides is 1. The third-order valence-corrected chi connectivity index (χ3v) is 1.73. The average molecular weight is 154 g/mol. The molecule has 4 N–H and O–H groups in total. The molecular formula is C7H10N2O2. The first kappa shape index (κ1) is 7.65. The molecule has 1 heterocycles. The predicted octanol–water partition coefficient (Wildman–Crippen LogP) is -0.211. The van der Waals surface area contributed by atoms with E-state index in [0.717, 1.165) is 0 Å². The topological polar surface area (TPSA) is 75.4 Å². The van der Waals surface area contributed by atoms with E-state index in [9.17, 15) is 9.90 Å². The fraction of sp³-hybridized carbons (Fsp3) is 0.286. The van der Waals surface area contributed by atoms with Gasteiger partial charge in [0.25, 0.3) is 5.91 Å². The Morgan fingerprint density at radius 3 is 2.82 bits per heavy atom. The van der Waals surface area contributed by atoms with E-state index in [0.29, 0.717) is 0 Å². The summed E-state index contributed by atoms with van der Waals surface area (Å²) in [4.78, 5) is 10.8. The number of allylic oxidation sites excluding steroid dienone is 2. The first-order valence-corrected chi connectivity index (χ1v) is 3.21. The average Bonchev–Trinajstić information content (AvgIpc) is 1.95. The summed E-state index contributed by atoms with van der Waals surface area (Å²) in [5.74, 6) is -0.664. The van der Waals surface area contributed by atoms with Crippen LogP contribution >= 0.6 is 0 Å². The second-order valence-electron chi connectivity index (χ2n) is 2.54. The van der Waals surface area contributed by atoms with Crippen LogP contribution in [0.25, 0.3) is 0 Å². The molecule has 0 aromatic rings. The Bertz CT molecular complexity index is 245. The summed E-state index contributed by atoms with van der Waals surface area (Å²) in [6.07, 6.45) is 4.59. The summed E-state index contributed by atoms with van der Waals surface area (Å²) in [5, 5.41) is 11.9. The van der Waals surface area contributed by atoms with Gasteiger partial charge in [0.2, 0.25) is 0 Å². The van der Waals surface area contributed by atoms with Crippen molar-refractivity contribution in [1.29, 1.82) is 0 Å². The van der Waals surface area contributed by atoms with E-state index in [1.54, 1.807) is 12.3 Å². The molecule has 0 bridgehead atoms. The van der Waals surface area contributed by atoms with Crippen LogP contribution in [0, 0.1) is 0 Å². The molecule has 4 heteroatoms. The summed E-state index contributed by atoms with van der Waals surface area (Å²) in [6, 6.07) is 0. The maximum absolute atomic E-state index is 10.8. The number of rotatable bonds is 1. The highest BCUT2D eigenvalue weighted by molar-refractivity contribution is 5.87. The highest BCUT2D eigenvalue weighted by Crippen LogP contribution is 2.16. The van der Waals surface area contributed by atoms with Crippen molar-refractivity contribution in [2.45, 2.75) is 12.5 Å². The van der Waals surface area contributed by atoms with Crippen molar-refractivity contribution in [3.63, 3.8) is 0 Å². The molecule has 1 unspecified atom stereocenters. The summed E-state index contributed by atoms with van der Waals surface area (Å²) in [5.41, 5.74) is 3.91. The van der Waals surface area contributed by atoms with Crippen LogP contribution in [-0.2, 0) is 4.79 Å². The summed E-state index contributed by atoms with van der Waals surface area (Å²) in [6.45, 7) is 1.52. The van der Waals surface area contributed by atoms with Crippen molar-refractivity contribution in [1.82, 2.24) is 5.32 Å². The minimum Gasteiger partial charge on any atom is -0.509 e. The Balaban J connectivity index is 2.97. The normalized spacial score (nSPS) is 29.0. The van der Waals surface area contributed by atoms with Gasteiger partial charge in [0.05, 0.1) is 0 Å². The van der Waals surface area contributed by atoms with Gasteiger partial charge < -0.3 is 16.2 Å². The Kier molecular flexibility index (Phi) is 1.60. The highest BCUT2D eigenvalue weighted by atomic mass is 16.3. The maximum Gasteiger partial charge on any atom is 0.250 e. The van der Waals surface area contributed by atoms with E-state index in [2.05, 4.69) is 5.32 Å². The molecule has 1 aliphatic heterocycles. The van der Waals surface area contributed by atoms with E-state index in [4.69, 9.17) is 5.73 Å². The van der Waals surface area contributed by atoms with Gasteiger partial charge in [-0.1, -0.05) is 0 Å². The van der Waals surface area contributed by atoms with Gasteiger partial charge in [-0.3, -0.25) is 4.79 Å². The molecule has 0 spiro atoms. The Hall–Kier alpha value is -1.45. The third kappa shape index (κ3) is 1.07. The number of dihydropyridines is 1. The smallest absolute Gasteiger partial charge is 0.250 e. The van der Waals surface area contributed by atoms with Crippen LogP contribution in [0.2, 0.25) is 0 Å². The standard InChI is InChI=1S/C7H10N2O2/c1-7(6(8)11)5(10)3-2-4-9-7/h2-4,9-10H,1H3,(H2,8,11). The van der Waals surface area contributed by atoms with Crippen LogP contribution < -0.4 is 11.1 Å². The van der Waals surface area contributed by atoms with Crippen molar-refractivity contribution in [3.8, 4) is 0 Å². The fourth-order valence-corrected chi connectivity index (χ4v) is 0.792. The second-order valence-corrected chi connectivity index (χ2v) is 2.54.